The van der Waals surface area contributed by atoms with E-state index in [-0.39, 0.29) is 16.2 Å². The number of carbonyl (C=O) groups is 2. The molecule has 1 N–H and O–H groups in total. The second kappa shape index (κ2) is 8.41. The number of nitrogens with one attached hydrogen (secondary N) is 1. The summed E-state index contributed by atoms with van der Waals surface area (Å²) >= 11 is 5.32. The molecule has 0 bridgehead atoms. The first-order valence-electron chi connectivity index (χ1n) is 12.2. The molecule has 2 aromatic carbocycles. The zero-order valence-electron chi connectivity index (χ0n) is 20.1. The van der Waals surface area contributed by atoms with Crippen molar-refractivity contribution in [1.29, 1.82) is 0 Å². The Bertz CT molecular complexity index is 1580. The van der Waals surface area contributed by atoms with Crippen LogP contribution in [-0.4, -0.2) is 30.0 Å². The summed E-state index contributed by atoms with van der Waals surface area (Å²) in [7, 11) is 0. The van der Waals surface area contributed by atoms with Crippen molar-refractivity contribution >= 4 is 57.6 Å². The van der Waals surface area contributed by atoms with E-state index in [1.165, 1.54) is 22.2 Å². The predicted octanol–water partition coefficient (Wildman–Crippen LogP) is 3.94. The molecular weight excluding hydrogens is 474 g/mol. The zero-order chi connectivity index (χ0) is 25.1. The van der Waals surface area contributed by atoms with Crippen molar-refractivity contribution in [3.63, 3.8) is 0 Å². The molecule has 0 radical (unpaired) electrons. The third-order valence-corrected chi connectivity index (χ3v) is 7.73. The minimum absolute atomic E-state index is 0.00833. The highest BCUT2D eigenvalue weighted by molar-refractivity contribution is 7.80. The van der Waals surface area contributed by atoms with Gasteiger partial charge in [0.15, 0.2) is 5.11 Å². The summed E-state index contributed by atoms with van der Waals surface area (Å²) in [6.07, 6.45) is 5.30. The number of fused-ring (bicyclic) bond motifs is 2. The van der Waals surface area contributed by atoms with Crippen LogP contribution in [0.4, 0.5) is 11.4 Å². The predicted molar refractivity (Wildman–Crippen MR) is 143 cm³/mol. The van der Waals surface area contributed by atoms with Gasteiger partial charge in [-0.3, -0.25) is 19.8 Å². The molecule has 7 nitrogen and oxygen atoms in total. The van der Waals surface area contributed by atoms with E-state index in [4.69, 9.17) is 16.6 Å². The van der Waals surface area contributed by atoms with E-state index in [0.29, 0.717) is 16.8 Å². The highest BCUT2D eigenvalue weighted by atomic mass is 32.1. The Balaban J connectivity index is 1.51. The summed E-state index contributed by atoms with van der Waals surface area (Å²) in [6, 6.07) is 9.40. The Hall–Kier alpha value is -3.78. The minimum atomic E-state index is -0.634. The number of aryl methyl sites for hydroxylation is 4. The molecule has 0 aliphatic carbocycles. The van der Waals surface area contributed by atoms with Gasteiger partial charge in [0.05, 0.1) is 11.3 Å². The Morgan fingerprint density at radius 3 is 2.58 bits per heavy atom. The van der Waals surface area contributed by atoms with Crippen LogP contribution in [0.15, 0.2) is 45.1 Å². The molecule has 1 fully saturated rings. The summed E-state index contributed by atoms with van der Waals surface area (Å²) in [5.74, 6) is -1.21. The van der Waals surface area contributed by atoms with Gasteiger partial charge in [-0.05, 0) is 86.6 Å². The van der Waals surface area contributed by atoms with Crippen molar-refractivity contribution in [3.05, 3.63) is 74.1 Å². The Morgan fingerprint density at radius 1 is 1.06 bits per heavy atom. The maximum absolute atomic E-state index is 13.5. The van der Waals surface area contributed by atoms with E-state index < -0.39 is 17.4 Å². The van der Waals surface area contributed by atoms with Crippen LogP contribution in [0.5, 0.6) is 0 Å². The Kier molecular flexibility index (Phi) is 5.30. The third-order valence-electron chi connectivity index (χ3n) is 7.44. The highest BCUT2D eigenvalue weighted by Crippen LogP contribution is 2.40. The number of nitrogens with zero attached hydrogens (tertiary/aromatic N) is 2. The number of hydrogen-bond acceptors (Lipinski definition) is 6. The molecule has 182 valence electrons. The summed E-state index contributed by atoms with van der Waals surface area (Å²) in [5.41, 5.74) is 5.79. The van der Waals surface area contributed by atoms with Gasteiger partial charge in [-0.25, -0.2) is 4.79 Å². The standard InChI is InChI=1S/C28H25N3O4S/c1-15-7-3-4-10-22(15)31-26(33)21(25(32)29-28(31)36)14-20-16(2)19-13-17-8-5-11-30-12-6-9-18(23(17)30)24(19)35-27(20)34/h3-4,7,10,13-14H,5-6,8-9,11-12H2,1-2H3,(H,29,32,36)/b21-14-. The van der Waals surface area contributed by atoms with E-state index in [1.807, 2.05) is 26.0 Å². The lowest BCUT2D eigenvalue weighted by molar-refractivity contribution is -0.122. The summed E-state index contributed by atoms with van der Waals surface area (Å²) < 4.78 is 5.90. The molecule has 3 aromatic rings. The fourth-order valence-electron chi connectivity index (χ4n) is 5.67. The topological polar surface area (TPSA) is 82.9 Å². The first kappa shape index (κ1) is 22.7. The van der Waals surface area contributed by atoms with Gasteiger partial charge in [0.2, 0.25) is 0 Å². The molecule has 8 heteroatoms. The molecular formula is C28H25N3O4S. The SMILES string of the molecule is Cc1ccccc1N1C(=O)/C(=C\c2c(C)c3cc4c5c(c3oc2=O)CCCN5CCC4)C(=O)NC1=S. The third kappa shape index (κ3) is 3.39. The van der Waals surface area contributed by atoms with Crippen LogP contribution < -0.4 is 20.7 Å². The summed E-state index contributed by atoms with van der Waals surface area (Å²) in [5, 5.41) is 3.46. The van der Waals surface area contributed by atoms with Gasteiger partial charge in [-0.15, -0.1) is 0 Å². The van der Waals surface area contributed by atoms with Crippen molar-refractivity contribution in [1.82, 2.24) is 5.32 Å². The first-order chi connectivity index (χ1) is 17.3. The maximum Gasteiger partial charge on any atom is 0.343 e. The zero-order valence-corrected chi connectivity index (χ0v) is 21.0. The lowest BCUT2D eigenvalue weighted by Crippen LogP contribution is -2.54. The number of carbonyl (C=O) groups excluding carboxylic acids is 2. The number of benzene rings is 2. The molecule has 3 aliphatic heterocycles. The van der Waals surface area contributed by atoms with Crippen LogP contribution >= 0.6 is 12.2 Å². The normalized spacial score (nSPS) is 18.6. The number of thiocarbonyl (C=S) groups is 1. The number of rotatable bonds is 2. The van der Waals surface area contributed by atoms with E-state index in [2.05, 4.69) is 16.3 Å². The number of anilines is 2. The van der Waals surface area contributed by atoms with Gasteiger partial charge >= 0.3 is 5.63 Å². The summed E-state index contributed by atoms with van der Waals surface area (Å²) in [4.78, 5) is 43.3. The first-order valence-corrected chi connectivity index (χ1v) is 12.6. The molecule has 6 rings (SSSR count). The molecule has 36 heavy (non-hydrogen) atoms. The van der Waals surface area contributed by atoms with Crippen LogP contribution in [0.25, 0.3) is 17.0 Å². The average Bonchev–Trinajstić information content (AvgIpc) is 2.85. The Labute approximate surface area is 213 Å². The van der Waals surface area contributed by atoms with Gasteiger partial charge in [0.1, 0.15) is 11.2 Å². The van der Waals surface area contributed by atoms with E-state index >= 15 is 0 Å². The molecule has 4 heterocycles. The van der Waals surface area contributed by atoms with Gasteiger partial charge in [-0.1, -0.05) is 18.2 Å². The van der Waals surface area contributed by atoms with Gasteiger partial charge in [0, 0.05) is 29.7 Å². The van der Waals surface area contributed by atoms with Crippen molar-refractivity contribution in [2.45, 2.75) is 39.5 Å². The smallest absolute Gasteiger partial charge is 0.343 e. The maximum atomic E-state index is 13.5. The van der Waals surface area contributed by atoms with E-state index in [1.54, 1.807) is 12.1 Å². The Morgan fingerprint density at radius 2 is 1.81 bits per heavy atom. The van der Waals surface area contributed by atoms with Crippen LogP contribution in [-0.2, 0) is 22.4 Å². The fourth-order valence-corrected chi connectivity index (χ4v) is 5.95. The van der Waals surface area contributed by atoms with Crippen molar-refractivity contribution in [3.8, 4) is 0 Å². The monoisotopic (exact) mass is 499 g/mol. The fraction of sp³-hybridized carbons (Fsp3) is 0.286. The van der Waals surface area contributed by atoms with Crippen LogP contribution in [0.3, 0.4) is 0 Å². The van der Waals surface area contributed by atoms with E-state index in [9.17, 15) is 14.4 Å². The quantitative estimate of drug-likeness (QED) is 0.249. The van der Waals surface area contributed by atoms with Crippen LogP contribution in [0, 0.1) is 13.8 Å². The number of para-hydroxylation sites is 1. The van der Waals surface area contributed by atoms with E-state index in [0.717, 1.165) is 55.3 Å². The lowest BCUT2D eigenvalue weighted by atomic mass is 9.88. The van der Waals surface area contributed by atoms with Gasteiger partial charge in [-0.2, -0.15) is 0 Å². The summed E-state index contributed by atoms with van der Waals surface area (Å²) in [6.45, 7) is 5.76. The van der Waals surface area contributed by atoms with Crippen molar-refractivity contribution < 1.29 is 14.0 Å². The number of amides is 2. The van der Waals surface area contributed by atoms with Crippen LogP contribution in [0.2, 0.25) is 0 Å². The van der Waals surface area contributed by atoms with Crippen LogP contribution in [0.1, 0.15) is 40.7 Å². The molecule has 2 amide bonds. The van der Waals surface area contributed by atoms with Gasteiger partial charge in [0.25, 0.3) is 11.8 Å². The molecule has 3 aliphatic rings. The van der Waals surface area contributed by atoms with Crippen molar-refractivity contribution in [2.24, 2.45) is 0 Å². The lowest BCUT2D eigenvalue weighted by Gasteiger charge is -2.37. The number of hydrogen-bond donors (Lipinski definition) is 1. The molecule has 0 atom stereocenters. The van der Waals surface area contributed by atoms with Gasteiger partial charge < -0.3 is 9.32 Å². The molecule has 0 spiro atoms. The molecule has 0 unspecified atom stereocenters. The largest absolute Gasteiger partial charge is 0.422 e. The second-order valence-electron chi connectivity index (χ2n) is 9.61. The minimum Gasteiger partial charge on any atom is -0.422 e. The molecule has 1 aromatic heterocycles. The molecule has 0 saturated carbocycles. The van der Waals surface area contributed by atoms with Crippen molar-refractivity contribution in [2.75, 3.05) is 22.9 Å². The second-order valence-corrected chi connectivity index (χ2v) is 9.99. The average molecular weight is 500 g/mol. The molecule has 1 saturated heterocycles. The highest BCUT2D eigenvalue weighted by Gasteiger charge is 2.36.